The number of rotatable bonds is 6. The molecule has 1 aromatic carbocycles. The van der Waals surface area contributed by atoms with Gasteiger partial charge >= 0.3 is 0 Å². The second kappa shape index (κ2) is 7.17. The van der Waals surface area contributed by atoms with Crippen LogP contribution < -0.4 is 14.8 Å². The zero-order chi connectivity index (χ0) is 13.4. The summed E-state index contributed by atoms with van der Waals surface area (Å²) in [5.41, 5.74) is 0.475. The van der Waals surface area contributed by atoms with Crippen molar-refractivity contribution >= 4 is 5.91 Å². The van der Waals surface area contributed by atoms with Crippen LogP contribution in [0.1, 0.15) is 23.2 Å². The highest BCUT2D eigenvalue weighted by Crippen LogP contribution is 2.22. The topological polar surface area (TPSA) is 71.3 Å². The first-order chi connectivity index (χ1) is 8.71. The number of hydrogen-bond acceptors (Lipinski definition) is 4. The molecule has 0 radical (unpaired) electrons. The molecule has 1 amide bonds. The standard InChI is InChI=1S/C13H16N2O3/c1-17-11-7-10(8-12(9-11)18-2)13(16)15-6-4-3-5-14/h7-9H,3-4,6H2,1-2H3,(H,15,16). The maximum atomic E-state index is 11.8. The first-order valence-corrected chi connectivity index (χ1v) is 5.59. The Morgan fingerprint density at radius 3 is 2.39 bits per heavy atom. The van der Waals surface area contributed by atoms with Crippen molar-refractivity contribution in [2.75, 3.05) is 20.8 Å². The lowest BCUT2D eigenvalue weighted by atomic mass is 10.2. The number of methoxy groups -OCH3 is 2. The predicted octanol–water partition coefficient (Wildman–Crippen LogP) is 1.74. The fourth-order valence-corrected chi connectivity index (χ4v) is 1.41. The minimum absolute atomic E-state index is 0.204. The zero-order valence-electron chi connectivity index (χ0n) is 10.5. The second-order valence-electron chi connectivity index (χ2n) is 3.62. The highest BCUT2D eigenvalue weighted by atomic mass is 16.5. The number of ether oxygens (including phenoxy) is 2. The van der Waals surface area contributed by atoms with Crippen LogP contribution in [0.15, 0.2) is 18.2 Å². The van der Waals surface area contributed by atoms with Gasteiger partial charge in [-0.2, -0.15) is 5.26 Å². The molecule has 0 saturated heterocycles. The van der Waals surface area contributed by atoms with Gasteiger partial charge in [-0.05, 0) is 18.6 Å². The van der Waals surface area contributed by atoms with Gasteiger partial charge in [0.1, 0.15) is 11.5 Å². The van der Waals surface area contributed by atoms with Gasteiger partial charge in [-0.1, -0.05) is 0 Å². The molecule has 0 aliphatic carbocycles. The Bertz CT molecular complexity index is 430. The van der Waals surface area contributed by atoms with E-state index in [1.54, 1.807) is 18.2 Å². The summed E-state index contributed by atoms with van der Waals surface area (Å²) in [5.74, 6) is 0.929. The normalized spacial score (nSPS) is 9.39. The van der Waals surface area contributed by atoms with Crippen molar-refractivity contribution in [1.29, 1.82) is 5.26 Å². The van der Waals surface area contributed by atoms with Gasteiger partial charge < -0.3 is 14.8 Å². The van der Waals surface area contributed by atoms with Gasteiger partial charge in [-0.3, -0.25) is 4.79 Å². The number of carbonyl (C=O) groups excluding carboxylic acids is 1. The molecule has 0 atom stereocenters. The molecule has 18 heavy (non-hydrogen) atoms. The minimum Gasteiger partial charge on any atom is -0.497 e. The average Bonchev–Trinajstić information content (AvgIpc) is 2.42. The summed E-state index contributed by atoms with van der Waals surface area (Å²) in [6.45, 7) is 0.478. The van der Waals surface area contributed by atoms with E-state index >= 15 is 0 Å². The number of carbonyl (C=O) groups is 1. The molecule has 0 bridgehead atoms. The second-order valence-corrected chi connectivity index (χ2v) is 3.62. The number of unbranched alkanes of at least 4 members (excludes halogenated alkanes) is 1. The van der Waals surface area contributed by atoms with Crippen molar-refractivity contribution in [3.63, 3.8) is 0 Å². The Balaban J connectivity index is 2.69. The summed E-state index contributed by atoms with van der Waals surface area (Å²) in [6.07, 6.45) is 1.07. The van der Waals surface area contributed by atoms with Crippen LogP contribution in [-0.2, 0) is 0 Å². The largest absolute Gasteiger partial charge is 0.497 e. The number of nitrogens with zero attached hydrogens (tertiary/aromatic N) is 1. The van der Waals surface area contributed by atoms with E-state index < -0.39 is 0 Å². The van der Waals surface area contributed by atoms with Gasteiger partial charge in [-0.25, -0.2) is 0 Å². The van der Waals surface area contributed by atoms with Crippen LogP contribution in [0.3, 0.4) is 0 Å². The maximum Gasteiger partial charge on any atom is 0.251 e. The van der Waals surface area contributed by atoms with E-state index in [9.17, 15) is 4.79 Å². The first-order valence-electron chi connectivity index (χ1n) is 5.59. The van der Waals surface area contributed by atoms with Crippen LogP contribution in [-0.4, -0.2) is 26.7 Å². The molecule has 1 N–H and O–H groups in total. The maximum absolute atomic E-state index is 11.8. The first kappa shape index (κ1) is 13.8. The molecule has 0 spiro atoms. The van der Waals surface area contributed by atoms with Crippen LogP contribution in [0, 0.1) is 11.3 Å². The van der Waals surface area contributed by atoms with Gasteiger partial charge in [0.15, 0.2) is 0 Å². The summed E-state index contributed by atoms with van der Waals surface area (Å²) in [7, 11) is 3.06. The quantitative estimate of drug-likeness (QED) is 0.778. The Morgan fingerprint density at radius 1 is 1.28 bits per heavy atom. The van der Waals surface area contributed by atoms with Gasteiger partial charge in [0, 0.05) is 24.6 Å². The van der Waals surface area contributed by atoms with Crippen LogP contribution in [0.4, 0.5) is 0 Å². The molecule has 0 fully saturated rings. The smallest absolute Gasteiger partial charge is 0.251 e. The molecule has 1 rings (SSSR count). The van der Waals surface area contributed by atoms with Crippen molar-refractivity contribution < 1.29 is 14.3 Å². The number of hydrogen-bond donors (Lipinski definition) is 1. The highest BCUT2D eigenvalue weighted by Gasteiger charge is 2.09. The lowest BCUT2D eigenvalue weighted by Gasteiger charge is -2.08. The van der Waals surface area contributed by atoms with Gasteiger partial charge in [0.05, 0.1) is 20.3 Å². The Kier molecular flexibility index (Phi) is 5.52. The lowest BCUT2D eigenvalue weighted by Crippen LogP contribution is -2.24. The molecule has 0 heterocycles. The average molecular weight is 248 g/mol. The van der Waals surface area contributed by atoms with Crippen LogP contribution in [0.2, 0.25) is 0 Å². The van der Waals surface area contributed by atoms with E-state index in [1.807, 2.05) is 6.07 Å². The molecule has 0 aromatic heterocycles. The Hall–Kier alpha value is -2.22. The van der Waals surface area contributed by atoms with Crippen LogP contribution in [0.5, 0.6) is 11.5 Å². The molecule has 96 valence electrons. The van der Waals surface area contributed by atoms with E-state index in [2.05, 4.69) is 5.32 Å². The van der Waals surface area contributed by atoms with E-state index in [1.165, 1.54) is 14.2 Å². The fraction of sp³-hybridized carbons (Fsp3) is 0.385. The third kappa shape index (κ3) is 3.98. The molecule has 0 saturated carbocycles. The molecule has 1 aromatic rings. The third-order valence-electron chi connectivity index (χ3n) is 2.36. The van der Waals surface area contributed by atoms with E-state index in [4.69, 9.17) is 14.7 Å². The van der Waals surface area contributed by atoms with Crippen LogP contribution >= 0.6 is 0 Å². The number of amides is 1. The summed E-state index contributed by atoms with van der Waals surface area (Å²) in [6, 6.07) is 7.01. The van der Waals surface area contributed by atoms with E-state index in [0.29, 0.717) is 36.4 Å². The summed E-state index contributed by atoms with van der Waals surface area (Å²) < 4.78 is 10.2. The van der Waals surface area contributed by atoms with Crippen molar-refractivity contribution in [3.05, 3.63) is 23.8 Å². The number of benzene rings is 1. The highest BCUT2D eigenvalue weighted by molar-refractivity contribution is 5.95. The minimum atomic E-state index is -0.204. The summed E-state index contributed by atoms with van der Waals surface area (Å²) in [4.78, 5) is 11.8. The van der Waals surface area contributed by atoms with Crippen LogP contribution in [0.25, 0.3) is 0 Å². The molecular formula is C13H16N2O3. The van der Waals surface area contributed by atoms with Gasteiger partial charge in [0.2, 0.25) is 0 Å². The predicted molar refractivity (Wildman–Crippen MR) is 66.7 cm³/mol. The van der Waals surface area contributed by atoms with Gasteiger partial charge in [0.25, 0.3) is 5.91 Å². The number of nitriles is 1. The van der Waals surface area contributed by atoms with Crippen molar-refractivity contribution in [2.45, 2.75) is 12.8 Å². The van der Waals surface area contributed by atoms with Crippen molar-refractivity contribution in [3.8, 4) is 17.6 Å². The molecule has 0 aliphatic rings. The monoisotopic (exact) mass is 248 g/mol. The zero-order valence-corrected chi connectivity index (χ0v) is 10.5. The van der Waals surface area contributed by atoms with Crippen molar-refractivity contribution in [1.82, 2.24) is 5.32 Å². The summed E-state index contributed by atoms with van der Waals surface area (Å²) >= 11 is 0. The molecule has 5 nitrogen and oxygen atoms in total. The molecule has 0 aliphatic heterocycles. The van der Waals surface area contributed by atoms with E-state index in [-0.39, 0.29) is 5.91 Å². The molecular weight excluding hydrogens is 232 g/mol. The summed E-state index contributed by atoms with van der Waals surface area (Å²) in [5, 5.41) is 11.1. The molecule has 0 unspecified atom stereocenters. The third-order valence-corrected chi connectivity index (χ3v) is 2.36. The molecule has 5 heteroatoms. The van der Waals surface area contributed by atoms with Crippen molar-refractivity contribution in [2.24, 2.45) is 0 Å². The fourth-order valence-electron chi connectivity index (χ4n) is 1.41. The lowest BCUT2D eigenvalue weighted by molar-refractivity contribution is 0.0952. The Labute approximate surface area is 106 Å². The van der Waals surface area contributed by atoms with Gasteiger partial charge in [-0.15, -0.1) is 0 Å². The van der Waals surface area contributed by atoms with E-state index in [0.717, 1.165) is 0 Å². The SMILES string of the molecule is COc1cc(OC)cc(C(=O)NCCCC#N)c1. The Morgan fingerprint density at radius 2 is 1.89 bits per heavy atom. The number of nitrogens with one attached hydrogen (secondary N) is 1.